The first-order chi connectivity index (χ1) is 15.2. The van der Waals surface area contributed by atoms with E-state index in [4.69, 9.17) is 25.8 Å². The summed E-state index contributed by atoms with van der Waals surface area (Å²) < 4.78 is 82.4. The van der Waals surface area contributed by atoms with Crippen LogP contribution in [-0.2, 0) is 11.3 Å². The molecular weight excluding hydrogens is 457 g/mol. The molecule has 0 spiro atoms. The van der Waals surface area contributed by atoms with Crippen LogP contribution in [0, 0.1) is 17.6 Å². The summed E-state index contributed by atoms with van der Waals surface area (Å²) in [5, 5.41) is 0.468. The highest BCUT2D eigenvalue weighted by molar-refractivity contribution is 6.30. The number of pyridine rings is 1. The number of rotatable bonds is 9. The van der Waals surface area contributed by atoms with E-state index in [2.05, 4.69) is 4.98 Å². The van der Waals surface area contributed by atoms with Gasteiger partial charge in [0.1, 0.15) is 29.8 Å². The van der Waals surface area contributed by atoms with Crippen LogP contribution in [0.15, 0.2) is 60.7 Å². The van der Waals surface area contributed by atoms with Gasteiger partial charge in [-0.05, 0) is 60.7 Å². The molecular formula is C22H17ClF5NO3. The molecule has 1 unspecified atom stereocenters. The maximum absolute atomic E-state index is 14.0. The Bertz CT molecular complexity index is 1010. The minimum atomic E-state index is -4.58. The molecule has 32 heavy (non-hydrogen) atoms. The lowest BCUT2D eigenvalue weighted by Gasteiger charge is -2.20. The van der Waals surface area contributed by atoms with E-state index in [1.54, 1.807) is 12.1 Å². The molecule has 0 aliphatic rings. The van der Waals surface area contributed by atoms with Crippen molar-refractivity contribution in [3.8, 4) is 17.4 Å². The van der Waals surface area contributed by atoms with Crippen LogP contribution in [-0.4, -0.2) is 24.4 Å². The Kier molecular flexibility index (Phi) is 7.87. The van der Waals surface area contributed by atoms with E-state index in [-0.39, 0.29) is 29.7 Å². The van der Waals surface area contributed by atoms with E-state index in [0.717, 1.165) is 18.2 Å². The van der Waals surface area contributed by atoms with E-state index in [1.807, 2.05) is 0 Å². The van der Waals surface area contributed by atoms with Gasteiger partial charge in [-0.3, -0.25) is 0 Å². The number of nitrogens with zero attached hydrogens (tertiary/aromatic N) is 1. The third kappa shape index (κ3) is 7.06. The molecule has 0 saturated carbocycles. The number of aromatic nitrogens is 1. The third-order valence-electron chi connectivity index (χ3n) is 4.20. The number of alkyl halides is 3. The van der Waals surface area contributed by atoms with Crippen molar-refractivity contribution >= 4 is 11.6 Å². The Morgan fingerprint density at radius 2 is 1.50 bits per heavy atom. The predicted molar refractivity (Wildman–Crippen MR) is 107 cm³/mol. The highest BCUT2D eigenvalue weighted by atomic mass is 35.5. The van der Waals surface area contributed by atoms with Gasteiger partial charge in [0, 0.05) is 5.02 Å². The molecule has 0 amide bonds. The van der Waals surface area contributed by atoms with Gasteiger partial charge in [0.25, 0.3) is 5.88 Å². The number of ether oxygens (including phenoxy) is 3. The quantitative estimate of drug-likeness (QED) is 0.329. The lowest BCUT2D eigenvalue weighted by atomic mass is 10.1. The van der Waals surface area contributed by atoms with Crippen LogP contribution >= 0.6 is 11.6 Å². The number of halogens is 6. The van der Waals surface area contributed by atoms with Crippen LogP contribution in [0.3, 0.4) is 0 Å². The molecule has 1 heterocycles. The van der Waals surface area contributed by atoms with Crippen molar-refractivity contribution in [2.45, 2.75) is 12.8 Å². The fourth-order valence-electron chi connectivity index (χ4n) is 2.50. The van der Waals surface area contributed by atoms with Crippen LogP contribution in [0.4, 0.5) is 22.0 Å². The van der Waals surface area contributed by atoms with Crippen LogP contribution in [0.5, 0.6) is 17.4 Å². The summed E-state index contributed by atoms with van der Waals surface area (Å²) in [5.74, 6) is -3.17. The standard InChI is InChI=1S/C22H17ClF5NO3/c23-15-1-6-19(7-2-15)32-21-20(25)10-5-17(29-21)13-30-11-14(22(26,27)28)12-31-18-8-3-16(24)4-9-18/h1-10,14H,11-13H2. The Labute approximate surface area is 185 Å². The second-order valence-corrected chi connectivity index (χ2v) is 7.10. The Hall–Kier alpha value is -2.91. The summed E-state index contributed by atoms with van der Waals surface area (Å²) in [6, 6.07) is 13.1. The lowest BCUT2D eigenvalue weighted by molar-refractivity contribution is -0.196. The normalized spacial score (nSPS) is 12.4. The van der Waals surface area contributed by atoms with Crippen molar-refractivity contribution < 1.29 is 36.2 Å². The SMILES string of the molecule is Fc1ccc(OCC(COCc2ccc(F)c(Oc3ccc(Cl)cc3)n2)C(F)(F)F)cc1. The van der Waals surface area contributed by atoms with Gasteiger partial charge in [-0.25, -0.2) is 13.8 Å². The van der Waals surface area contributed by atoms with Crippen LogP contribution in [0.2, 0.25) is 5.02 Å². The van der Waals surface area contributed by atoms with Crippen molar-refractivity contribution in [1.82, 2.24) is 4.98 Å². The molecule has 0 saturated heterocycles. The van der Waals surface area contributed by atoms with Crippen LogP contribution in [0.25, 0.3) is 0 Å². The second kappa shape index (κ2) is 10.6. The van der Waals surface area contributed by atoms with E-state index in [9.17, 15) is 22.0 Å². The molecule has 0 aliphatic heterocycles. The minimum Gasteiger partial charge on any atom is -0.493 e. The second-order valence-electron chi connectivity index (χ2n) is 6.66. The van der Waals surface area contributed by atoms with E-state index < -0.39 is 36.9 Å². The highest BCUT2D eigenvalue weighted by Gasteiger charge is 2.40. The van der Waals surface area contributed by atoms with Crippen molar-refractivity contribution in [2.24, 2.45) is 5.92 Å². The smallest absolute Gasteiger partial charge is 0.397 e. The Morgan fingerprint density at radius 1 is 0.844 bits per heavy atom. The maximum Gasteiger partial charge on any atom is 0.397 e. The fourth-order valence-corrected chi connectivity index (χ4v) is 2.62. The summed E-state index contributed by atoms with van der Waals surface area (Å²) in [6.07, 6.45) is -4.58. The molecule has 1 atom stereocenters. The zero-order valence-corrected chi connectivity index (χ0v) is 17.2. The van der Waals surface area contributed by atoms with Gasteiger partial charge in [0.2, 0.25) is 0 Å². The van der Waals surface area contributed by atoms with Crippen molar-refractivity contribution in [3.63, 3.8) is 0 Å². The van der Waals surface area contributed by atoms with E-state index >= 15 is 0 Å². The van der Waals surface area contributed by atoms with Crippen LogP contribution in [0.1, 0.15) is 5.69 Å². The zero-order chi connectivity index (χ0) is 23.1. The van der Waals surface area contributed by atoms with E-state index in [0.29, 0.717) is 5.02 Å². The predicted octanol–water partition coefficient (Wildman–Crippen LogP) is 6.58. The summed E-state index contributed by atoms with van der Waals surface area (Å²) in [6.45, 7) is -1.73. The molecule has 4 nitrogen and oxygen atoms in total. The Balaban J connectivity index is 1.57. The molecule has 1 aromatic heterocycles. The summed E-state index contributed by atoms with van der Waals surface area (Å²) in [7, 11) is 0. The Morgan fingerprint density at radius 3 is 2.16 bits per heavy atom. The average molecular weight is 474 g/mol. The first-order valence-corrected chi connectivity index (χ1v) is 9.70. The topological polar surface area (TPSA) is 40.6 Å². The summed E-state index contributed by atoms with van der Waals surface area (Å²) in [4.78, 5) is 3.95. The number of benzene rings is 2. The zero-order valence-electron chi connectivity index (χ0n) is 16.4. The summed E-state index contributed by atoms with van der Waals surface area (Å²) in [5.41, 5.74) is 0.177. The third-order valence-corrected chi connectivity index (χ3v) is 4.45. The first kappa shape index (κ1) is 23.7. The number of hydrogen-bond donors (Lipinski definition) is 0. The van der Waals surface area contributed by atoms with Gasteiger partial charge in [0.15, 0.2) is 5.82 Å². The van der Waals surface area contributed by atoms with Gasteiger partial charge in [-0.15, -0.1) is 0 Å². The molecule has 3 aromatic rings. The molecule has 3 rings (SSSR count). The lowest BCUT2D eigenvalue weighted by Crippen LogP contribution is -2.32. The number of hydrogen-bond acceptors (Lipinski definition) is 4. The molecule has 0 fully saturated rings. The largest absolute Gasteiger partial charge is 0.493 e. The van der Waals surface area contributed by atoms with Crippen molar-refractivity contribution in [1.29, 1.82) is 0 Å². The van der Waals surface area contributed by atoms with Gasteiger partial charge >= 0.3 is 6.18 Å². The average Bonchev–Trinajstić information content (AvgIpc) is 2.74. The van der Waals surface area contributed by atoms with Gasteiger partial charge < -0.3 is 14.2 Å². The van der Waals surface area contributed by atoms with Crippen molar-refractivity contribution in [3.05, 3.63) is 83.0 Å². The van der Waals surface area contributed by atoms with Crippen LogP contribution < -0.4 is 9.47 Å². The molecule has 170 valence electrons. The van der Waals surface area contributed by atoms with Crippen molar-refractivity contribution in [2.75, 3.05) is 13.2 Å². The molecule has 0 radical (unpaired) electrons. The molecule has 0 bridgehead atoms. The maximum atomic E-state index is 14.0. The molecule has 2 aromatic carbocycles. The summed E-state index contributed by atoms with van der Waals surface area (Å²) >= 11 is 5.78. The van der Waals surface area contributed by atoms with Gasteiger partial charge in [-0.1, -0.05) is 11.6 Å². The van der Waals surface area contributed by atoms with Gasteiger partial charge in [-0.2, -0.15) is 13.2 Å². The molecule has 10 heteroatoms. The molecule has 0 aliphatic carbocycles. The highest BCUT2D eigenvalue weighted by Crippen LogP contribution is 2.28. The minimum absolute atomic E-state index is 0.102. The fraction of sp³-hybridized carbons (Fsp3) is 0.227. The molecule has 0 N–H and O–H groups in total. The monoisotopic (exact) mass is 473 g/mol. The van der Waals surface area contributed by atoms with Gasteiger partial charge in [0.05, 0.1) is 18.9 Å². The van der Waals surface area contributed by atoms with E-state index in [1.165, 1.54) is 30.3 Å². The first-order valence-electron chi connectivity index (χ1n) is 9.32.